The average molecular weight is 558 g/mol. The number of thioether (sulfide) groups is 1. The first-order valence-corrected chi connectivity index (χ1v) is 11.8. The van der Waals surface area contributed by atoms with E-state index < -0.39 is 42.0 Å². The van der Waals surface area contributed by atoms with Gasteiger partial charge in [-0.2, -0.15) is 0 Å². The number of β-lactam (4-membered cyclic amide) rings is 1. The number of aliphatic carboxylic acids is 1. The first-order chi connectivity index (χ1) is 15.1. The van der Waals surface area contributed by atoms with Crippen molar-refractivity contribution < 1.29 is 137 Å². The van der Waals surface area contributed by atoms with Gasteiger partial charge in [-0.3, -0.25) is 9.59 Å². The smallest absolute Gasteiger partial charge is 0.544 e. The maximum absolute atomic E-state index is 12.6. The maximum Gasteiger partial charge on any atom is 1.00 e. The van der Waals surface area contributed by atoms with Crippen LogP contribution >= 0.6 is 23.1 Å². The number of aliphatic hydroxyl groups is 1. The molecule has 1 aromatic heterocycles. The summed E-state index contributed by atoms with van der Waals surface area (Å²) in [4.78, 5) is 49.4. The van der Waals surface area contributed by atoms with Crippen molar-refractivity contribution in [1.82, 2.24) is 10.2 Å². The first kappa shape index (κ1) is 31.1. The minimum atomic E-state index is -1.43. The number of fused-ring (bicyclic) bond motifs is 1. The molecule has 4 rings (SSSR count). The van der Waals surface area contributed by atoms with Gasteiger partial charge in [-0.25, -0.2) is 0 Å². The summed E-state index contributed by atoms with van der Waals surface area (Å²) in [7, 11) is 0. The fourth-order valence-corrected chi connectivity index (χ4v) is 6.73. The number of thiophene rings is 1. The number of carboxylic acids is 2. The summed E-state index contributed by atoms with van der Waals surface area (Å²) in [6.45, 7) is 3.80. The van der Waals surface area contributed by atoms with Crippen molar-refractivity contribution >= 4 is 52.5 Å². The van der Waals surface area contributed by atoms with Gasteiger partial charge in [0.15, 0.2) is 0 Å². The van der Waals surface area contributed by atoms with Crippen LogP contribution in [0.2, 0.25) is 0 Å². The Labute approximate surface area is 289 Å². The monoisotopic (exact) mass is 557 g/mol. The molecule has 2 amide bonds. The van der Waals surface area contributed by atoms with Crippen molar-refractivity contribution in [3.8, 4) is 0 Å². The van der Waals surface area contributed by atoms with Crippen molar-refractivity contribution in [2.45, 2.75) is 43.7 Å². The topological polar surface area (TPSA) is 162 Å². The van der Waals surface area contributed by atoms with Gasteiger partial charge < -0.3 is 40.4 Å². The second kappa shape index (κ2) is 12.6. The van der Waals surface area contributed by atoms with Gasteiger partial charge in [-0.15, -0.1) is 23.1 Å². The van der Waals surface area contributed by atoms with Crippen LogP contribution in [0.1, 0.15) is 29.9 Å². The summed E-state index contributed by atoms with van der Waals surface area (Å²) in [6.07, 6.45) is -0.461. The third-order valence-electron chi connectivity index (χ3n) is 6.07. The number of hydrogen-bond acceptors (Lipinski definition) is 10. The third kappa shape index (κ3) is 5.95. The van der Waals surface area contributed by atoms with Gasteiger partial charge in [-0.1, -0.05) is 6.92 Å². The molecule has 0 spiro atoms. The largest absolute Gasteiger partial charge is 1.00 e. The minimum Gasteiger partial charge on any atom is -0.544 e. The van der Waals surface area contributed by atoms with Crippen molar-refractivity contribution in [3.63, 3.8) is 0 Å². The molecule has 3 N–H and O–H groups in total. The second-order valence-electron chi connectivity index (χ2n) is 8.17. The molecule has 0 aromatic carbocycles. The quantitative estimate of drug-likeness (QED) is 0.218. The fraction of sp³-hybridized carbons (Fsp3) is 0.500. The standard InChI is InChI=1S/C20H23N3O7S2.2K/c1-7-14-13(8(2)24)18(26)23(14)15(20(29)30)16(7)32-10-4-11(21-5-10)17(25)22-9-3-12(19(27)28)31-6-9;;/h3,6-8,10-11,13-14,21,24H,4-5H2,1-2H3,(H,22,25)(H,27,28)(H,29,30);;/q;2*+1/p-2/t7-,8-,10+,11+,13-,14-;;/m1../s1. The number of rotatable bonds is 7. The Morgan fingerprint density at radius 3 is 2.53 bits per heavy atom. The fourth-order valence-electron chi connectivity index (χ4n) is 4.58. The van der Waals surface area contributed by atoms with Crippen LogP contribution in [0, 0.1) is 11.8 Å². The Morgan fingerprint density at radius 2 is 1.97 bits per heavy atom. The Balaban J connectivity index is 0.00000204. The SMILES string of the molecule is C[C@@H](O)[C@H]1C(=O)N2C(C(=O)[O-])=C(S[C@@H]3CN[C@H](C(=O)Nc4csc(C(=O)[O-])c4)C3)[C@H](C)[C@H]12.[K+].[K+]. The van der Waals surface area contributed by atoms with Gasteiger partial charge in [0, 0.05) is 28.0 Å². The molecular formula is C20H21K2N3O7S2. The normalized spacial score (nSPS) is 28.4. The first-order valence-electron chi connectivity index (χ1n) is 10.1. The zero-order valence-corrected chi connectivity index (χ0v) is 27.1. The molecular weight excluding hydrogens is 537 g/mol. The molecule has 14 heteroatoms. The van der Waals surface area contributed by atoms with Crippen molar-refractivity contribution in [2.24, 2.45) is 11.8 Å². The summed E-state index contributed by atoms with van der Waals surface area (Å²) in [5, 5.41) is 39.8. The summed E-state index contributed by atoms with van der Waals surface area (Å²) >= 11 is 2.27. The van der Waals surface area contributed by atoms with Gasteiger partial charge in [0.05, 0.1) is 52.3 Å². The van der Waals surface area contributed by atoms with Crippen LogP contribution in [0.3, 0.4) is 0 Å². The van der Waals surface area contributed by atoms with Gasteiger partial charge in [-0.05, 0) is 19.4 Å². The number of amides is 2. The van der Waals surface area contributed by atoms with Crippen LogP contribution in [0.15, 0.2) is 22.0 Å². The Kier molecular flexibility index (Phi) is 11.5. The Hall–Kier alpha value is 0.863. The molecule has 6 atom stereocenters. The number of aromatic carboxylic acids is 1. The molecule has 3 aliphatic rings. The summed E-state index contributed by atoms with van der Waals surface area (Å²) in [6, 6.07) is 0.380. The van der Waals surface area contributed by atoms with E-state index in [0.29, 0.717) is 23.6 Å². The summed E-state index contributed by atoms with van der Waals surface area (Å²) in [5.41, 5.74) is 0.228. The van der Waals surface area contributed by atoms with E-state index in [9.17, 15) is 34.5 Å². The zero-order chi connectivity index (χ0) is 23.3. The molecule has 2 fully saturated rings. The molecule has 0 aliphatic carbocycles. The number of hydrogen-bond donors (Lipinski definition) is 3. The average Bonchev–Trinajstić information content (AvgIpc) is 3.41. The molecule has 0 bridgehead atoms. The molecule has 0 radical (unpaired) electrons. The molecule has 10 nitrogen and oxygen atoms in total. The number of nitrogens with one attached hydrogen (secondary N) is 2. The Bertz CT molecular complexity index is 1030. The number of carbonyl (C=O) groups is 4. The van der Waals surface area contributed by atoms with E-state index in [2.05, 4.69) is 10.6 Å². The van der Waals surface area contributed by atoms with E-state index in [-0.39, 0.29) is 130 Å². The van der Waals surface area contributed by atoms with Crippen molar-refractivity contribution in [3.05, 3.63) is 26.9 Å². The predicted molar refractivity (Wildman–Crippen MR) is 112 cm³/mol. The number of aliphatic hydroxyl groups excluding tert-OH is 1. The van der Waals surface area contributed by atoms with Crippen LogP contribution < -0.4 is 124 Å². The summed E-state index contributed by atoms with van der Waals surface area (Å²) in [5.74, 6) is -4.39. The predicted octanol–water partition coefficient (Wildman–Crippen LogP) is -7.66. The van der Waals surface area contributed by atoms with Gasteiger partial charge >= 0.3 is 103 Å². The molecule has 0 unspecified atom stereocenters. The van der Waals surface area contributed by atoms with E-state index in [1.54, 1.807) is 0 Å². The number of carbonyl (C=O) groups excluding carboxylic acids is 4. The van der Waals surface area contributed by atoms with Crippen LogP contribution in [0.25, 0.3) is 0 Å². The van der Waals surface area contributed by atoms with E-state index in [1.807, 2.05) is 6.92 Å². The third-order valence-corrected chi connectivity index (χ3v) is 8.49. The van der Waals surface area contributed by atoms with Gasteiger partial charge in [0.2, 0.25) is 11.8 Å². The van der Waals surface area contributed by atoms with Gasteiger partial charge in [0.1, 0.15) is 0 Å². The number of carboxylic acid groups (broad SMARTS) is 2. The van der Waals surface area contributed by atoms with E-state index in [4.69, 9.17) is 0 Å². The summed E-state index contributed by atoms with van der Waals surface area (Å²) < 4.78 is 0. The van der Waals surface area contributed by atoms with E-state index >= 15 is 0 Å². The molecule has 2 saturated heterocycles. The number of anilines is 1. The molecule has 3 aliphatic heterocycles. The van der Waals surface area contributed by atoms with Crippen LogP contribution in [-0.4, -0.2) is 63.7 Å². The van der Waals surface area contributed by atoms with Crippen LogP contribution in [0.5, 0.6) is 0 Å². The zero-order valence-electron chi connectivity index (χ0n) is 19.2. The number of nitrogens with zero attached hydrogens (tertiary/aromatic N) is 1. The van der Waals surface area contributed by atoms with E-state index in [1.165, 1.54) is 35.0 Å². The molecule has 1 aromatic rings. The van der Waals surface area contributed by atoms with Gasteiger partial charge in [0.25, 0.3) is 0 Å². The molecule has 172 valence electrons. The van der Waals surface area contributed by atoms with Crippen molar-refractivity contribution in [1.29, 1.82) is 0 Å². The van der Waals surface area contributed by atoms with Crippen LogP contribution in [-0.2, 0) is 14.4 Å². The molecule has 0 saturated carbocycles. The molecule has 34 heavy (non-hydrogen) atoms. The second-order valence-corrected chi connectivity index (χ2v) is 10.4. The minimum absolute atomic E-state index is 0. The maximum atomic E-state index is 12.6. The van der Waals surface area contributed by atoms with Crippen molar-refractivity contribution in [2.75, 3.05) is 11.9 Å². The Morgan fingerprint density at radius 1 is 1.29 bits per heavy atom. The van der Waals surface area contributed by atoms with Crippen LogP contribution in [0.4, 0.5) is 5.69 Å². The van der Waals surface area contributed by atoms with E-state index in [0.717, 1.165) is 11.3 Å². The molecule has 4 heterocycles.